The monoisotopic (exact) mass is 377 g/mol. The van der Waals surface area contributed by atoms with Gasteiger partial charge >= 0.3 is 0 Å². The molecule has 0 saturated heterocycles. The number of sulfone groups is 1. The van der Waals surface area contributed by atoms with Gasteiger partial charge in [0.15, 0.2) is 9.84 Å². The molecule has 0 radical (unpaired) electrons. The molecule has 0 unspecified atom stereocenters. The predicted molar refractivity (Wildman–Crippen MR) is 93.9 cm³/mol. The first kappa shape index (κ1) is 17.2. The van der Waals surface area contributed by atoms with E-state index < -0.39 is 19.9 Å². The number of sulfonamides is 1. The van der Waals surface area contributed by atoms with Crippen molar-refractivity contribution in [3.63, 3.8) is 0 Å². The minimum atomic E-state index is -4.05. The summed E-state index contributed by atoms with van der Waals surface area (Å²) in [6.45, 7) is 0. The Kier molecular flexibility index (Phi) is 4.36. The van der Waals surface area contributed by atoms with Gasteiger partial charge in [0.2, 0.25) is 0 Å². The summed E-state index contributed by atoms with van der Waals surface area (Å²) in [6.07, 6.45) is 4.38. The molecule has 0 saturated carbocycles. The quantitative estimate of drug-likeness (QED) is 0.734. The van der Waals surface area contributed by atoms with Crippen LogP contribution in [0.15, 0.2) is 76.8 Å². The van der Waals surface area contributed by atoms with Crippen molar-refractivity contribution in [3.8, 4) is 5.69 Å². The van der Waals surface area contributed by atoms with Crippen LogP contribution in [0, 0.1) is 0 Å². The molecule has 0 aliphatic heterocycles. The predicted octanol–water partition coefficient (Wildman–Crippen LogP) is 2.08. The molecule has 3 aromatic rings. The summed E-state index contributed by atoms with van der Waals surface area (Å²) in [4.78, 5) is -0.524. The molecule has 1 heterocycles. The van der Waals surface area contributed by atoms with Crippen molar-refractivity contribution >= 4 is 25.5 Å². The van der Waals surface area contributed by atoms with Gasteiger partial charge in [0.25, 0.3) is 10.0 Å². The molecule has 0 bridgehead atoms. The van der Waals surface area contributed by atoms with E-state index in [1.807, 2.05) is 0 Å². The van der Waals surface area contributed by atoms with Crippen LogP contribution in [0.5, 0.6) is 0 Å². The van der Waals surface area contributed by atoms with Crippen molar-refractivity contribution in [1.82, 2.24) is 9.78 Å². The lowest BCUT2D eigenvalue weighted by molar-refractivity contribution is 0.588. The molecule has 3 rings (SSSR count). The highest BCUT2D eigenvalue weighted by Crippen LogP contribution is 2.23. The lowest BCUT2D eigenvalue weighted by atomic mass is 10.3. The fourth-order valence-electron chi connectivity index (χ4n) is 2.29. The Labute approximate surface area is 145 Å². The zero-order valence-corrected chi connectivity index (χ0v) is 14.8. The van der Waals surface area contributed by atoms with Crippen molar-refractivity contribution in [2.75, 3.05) is 11.0 Å². The molecule has 7 nitrogen and oxygen atoms in total. The maximum atomic E-state index is 12.6. The maximum Gasteiger partial charge on any atom is 0.263 e. The molecule has 0 amide bonds. The van der Waals surface area contributed by atoms with E-state index in [1.54, 1.807) is 47.4 Å². The number of aromatic nitrogens is 2. The van der Waals surface area contributed by atoms with E-state index >= 15 is 0 Å². The van der Waals surface area contributed by atoms with Gasteiger partial charge in [-0.3, -0.25) is 4.72 Å². The van der Waals surface area contributed by atoms with E-state index in [-0.39, 0.29) is 9.79 Å². The Morgan fingerprint density at radius 1 is 0.880 bits per heavy atom. The average molecular weight is 377 g/mol. The second-order valence-electron chi connectivity index (χ2n) is 5.32. The molecule has 1 aromatic heterocycles. The van der Waals surface area contributed by atoms with Crippen LogP contribution >= 0.6 is 0 Å². The third-order valence-corrected chi connectivity index (χ3v) is 6.15. The van der Waals surface area contributed by atoms with Crippen LogP contribution in [0.2, 0.25) is 0 Å². The normalized spacial score (nSPS) is 12.0. The van der Waals surface area contributed by atoms with Gasteiger partial charge in [0, 0.05) is 24.3 Å². The Morgan fingerprint density at radius 3 is 2.08 bits per heavy atom. The van der Waals surface area contributed by atoms with E-state index in [1.165, 1.54) is 24.3 Å². The zero-order valence-electron chi connectivity index (χ0n) is 13.2. The van der Waals surface area contributed by atoms with Gasteiger partial charge in [0.05, 0.1) is 10.6 Å². The number of benzene rings is 2. The SMILES string of the molecule is CS(=O)(=O)c1ccccc1S(=O)(=O)Nc1ccc(-n2cccn2)cc1. The highest BCUT2D eigenvalue weighted by molar-refractivity contribution is 7.95. The highest BCUT2D eigenvalue weighted by Gasteiger charge is 2.23. The van der Waals surface area contributed by atoms with Crippen LogP contribution in [-0.4, -0.2) is 32.9 Å². The van der Waals surface area contributed by atoms with Gasteiger partial charge in [-0.25, -0.2) is 21.5 Å². The summed E-state index contributed by atoms with van der Waals surface area (Å²) in [5, 5.41) is 4.09. The summed E-state index contributed by atoms with van der Waals surface area (Å²) in [7, 11) is -7.72. The Morgan fingerprint density at radius 2 is 1.52 bits per heavy atom. The number of hydrogen-bond donors (Lipinski definition) is 1. The van der Waals surface area contributed by atoms with Crippen LogP contribution in [-0.2, 0) is 19.9 Å². The molecule has 2 aromatic carbocycles. The van der Waals surface area contributed by atoms with Gasteiger partial charge < -0.3 is 0 Å². The number of hydrogen-bond acceptors (Lipinski definition) is 5. The van der Waals surface area contributed by atoms with E-state index in [9.17, 15) is 16.8 Å². The third kappa shape index (κ3) is 3.72. The molecule has 25 heavy (non-hydrogen) atoms. The molecule has 0 fully saturated rings. The minimum Gasteiger partial charge on any atom is -0.280 e. The molecule has 0 aliphatic rings. The molecular formula is C16H15N3O4S2. The highest BCUT2D eigenvalue weighted by atomic mass is 32.2. The first-order valence-electron chi connectivity index (χ1n) is 7.19. The Bertz CT molecular complexity index is 1090. The second-order valence-corrected chi connectivity index (χ2v) is 8.96. The van der Waals surface area contributed by atoms with Gasteiger partial charge in [-0.05, 0) is 42.5 Å². The Balaban J connectivity index is 1.93. The summed E-state index contributed by atoms with van der Waals surface area (Å²) >= 11 is 0. The summed E-state index contributed by atoms with van der Waals surface area (Å²) < 4.78 is 52.9. The third-order valence-electron chi connectivity index (χ3n) is 3.43. The van der Waals surface area contributed by atoms with Crippen molar-refractivity contribution in [2.24, 2.45) is 0 Å². The topological polar surface area (TPSA) is 98.1 Å². The average Bonchev–Trinajstić information content (AvgIpc) is 3.09. The standard InChI is InChI=1S/C16H15N3O4S2/c1-24(20,21)15-5-2-3-6-16(15)25(22,23)18-13-7-9-14(10-8-13)19-12-4-11-17-19/h2-12,18H,1H3. The molecule has 0 atom stereocenters. The number of anilines is 1. The number of nitrogens with one attached hydrogen (secondary N) is 1. The van der Waals surface area contributed by atoms with Crippen molar-refractivity contribution in [3.05, 3.63) is 67.0 Å². The molecule has 0 spiro atoms. The molecule has 130 valence electrons. The smallest absolute Gasteiger partial charge is 0.263 e. The lowest BCUT2D eigenvalue weighted by Gasteiger charge is -2.11. The zero-order chi connectivity index (χ0) is 18.1. The number of nitrogens with zero attached hydrogens (tertiary/aromatic N) is 2. The van der Waals surface area contributed by atoms with E-state index in [0.717, 1.165) is 11.9 Å². The van der Waals surface area contributed by atoms with Crippen LogP contribution in [0.4, 0.5) is 5.69 Å². The summed E-state index contributed by atoms with van der Waals surface area (Å²) in [5.41, 5.74) is 1.09. The van der Waals surface area contributed by atoms with E-state index in [0.29, 0.717) is 5.69 Å². The van der Waals surface area contributed by atoms with Crippen LogP contribution in [0.1, 0.15) is 0 Å². The summed E-state index contributed by atoms with van der Waals surface area (Å²) in [6, 6.07) is 13.8. The fourth-order valence-corrected chi connectivity index (χ4v) is 4.98. The largest absolute Gasteiger partial charge is 0.280 e. The van der Waals surface area contributed by atoms with Crippen molar-refractivity contribution < 1.29 is 16.8 Å². The molecule has 1 N–H and O–H groups in total. The van der Waals surface area contributed by atoms with Gasteiger partial charge in [-0.1, -0.05) is 12.1 Å². The van der Waals surface area contributed by atoms with Crippen molar-refractivity contribution in [2.45, 2.75) is 9.79 Å². The molecule has 9 heteroatoms. The fraction of sp³-hybridized carbons (Fsp3) is 0.0625. The lowest BCUT2D eigenvalue weighted by Crippen LogP contribution is -2.16. The molecule has 0 aliphatic carbocycles. The first-order valence-corrected chi connectivity index (χ1v) is 10.6. The van der Waals surface area contributed by atoms with E-state index in [4.69, 9.17) is 0 Å². The minimum absolute atomic E-state index is 0.240. The van der Waals surface area contributed by atoms with Gasteiger partial charge in [-0.2, -0.15) is 5.10 Å². The van der Waals surface area contributed by atoms with Crippen LogP contribution in [0.25, 0.3) is 5.69 Å². The van der Waals surface area contributed by atoms with E-state index in [2.05, 4.69) is 9.82 Å². The Hall–Kier alpha value is -2.65. The molecular weight excluding hydrogens is 362 g/mol. The van der Waals surface area contributed by atoms with Crippen LogP contribution < -0.4 is 4.72 Å². The first-order chi connectivity index (χ1) is 11.8. The number of rotatable bonds is 5. The van der Waals surface area contributed by atoms with Crippen LogP contribution in [0.3, 0.4) is 0 Å². The maximum absolute atomic E-state index is 12.6. The van der Waals surface area contributed by atoms with Crippen molar-refractivity contribution in [1.29, 1.82) is 0 Å². The second kappa shape index (κ2) is 6.34. The summed E-state index contributed by atoms with van der Waals surface area (Å²) in [5.74, 6) is 0. The van der Waals surface area contributed by atoms with Gasteiger partial charge in [0.1, 0.15) is 4.90 Å². The van der Waals surface area contributed by atoms with Gasteiger partial charge in [-0.15, -0.1) is 0 Å².